The predicted molar refractivity (Wildman–Crippen MR) is 30.5 cm³/mol. The first-order valence-electron chi connectivity index (χ1n) is 2.33. The lowest BCUT2D eigenvalue weighted by atomic mass is 10.4. The van der Waals surface area contributed by atoms with Gasteiger partial charge in [-0.15, -0.1) is 0 Å². The third kappa shape index (κ3) is 5.01. The summed E-state index contributed by atoms with van der Waals surface area (Å²) >= 11 is 0. The molecule has 0 aromatic carbocycles. The molecule has 46 valence electrons. The fraction of sp³-hybridized carbons (Fsp3) is 0.400. The molecule has 0 rings (SSSR count). The van der Waals surface area contributed by atoms with Crippen LogP contribution in [0.1, 0.15) is 6.42 Å². The topological polar surface area (TPSA) is 49.3 Å². The van der Waals surface area contributed by atoms with Crippen molar-refractivity contribution < 1.29 is 9.90 Å². The predicted octanol–water partition coefficient (Wildman–Crippen LogP) is 0.194. The smallest absolute Gasteiger partial charge is 0.305 e. The number of carbonyl (C=O) groups is 1. The normalized spacial score (nSPS) is 8.00. The van der Waals surface area contributed by atoms with E-state index in [1.165, 1.54) is 6.20 Å². The van der Waals surface area contributed by atoms with Gasteiger partial charge in [0.25, 0.3) is 0 Å². The Bertz CT molecular complexity index is 90.4. The standard InChI is InChI=1S/C5H9NO2/c1-2-6-4-3-5(7)8/h2,6H,1,3-4H2,(H,7,8). The summed E-state index contributed by atoms with van der Waals surface area (Å²) in [5.74, 6) is -0.792. The number of aliphatic carboxylic acids is 1. The molecule has 0 atom stereocenters. The Morgan fingerprint density at radius 3 is 2.88 bits per heavy atom. The molecule has 0 bridgehead atoms. The van der Waals surface area contributed by atoms with Crippen LogP contribution < -0.4 is 5.32 Å². The molecule has 0 aromatic rings. The van der Waals surface area contributed by atoms with E-state index in [1.54, 1.807) is 0 Å². The number of nitrogens with one attached hydrogen (secondary N) is 1. The fourth-order valence-electron chi connectivity index (χ4n) is 0.281. The zero-order valence-electron chi connectivity index (χ0n) is 4.55. The Morgan fingerprint density at radius 1 is 1.88 bits per heavy atom. The van der Waals surface area contributed by atoms with Crippen molar-refractivity contribution in [1.29, 1.82) is 0 Å². The number of hydrogen-bond donors (Lipinski definition) is 2. The molecule has 2 N–H and O–H groups in total. The molecule has 0 aliphatic carbocycles. The first kappa shape index (κ1) is 7.01. The molecular formula is C5H9NO2. The molecule has 0 saturated heterocycles. The van der Waals surface area contributed by atoms with Gasteiger partial charge in [-0.25, -0.2) is 0 Å². The van der Waals surface area contributed by atoms with E-state index in [9.17, 15) is 4.79 Å². The summed E-state index contributed by atoms with van der Waals surface area (Å²) in [5.41, 5.74) is 0. The molecule has 0 aliphatic rings. The summed E-state index contributed by atoms with van der Waals surface area (Å²) < 4.78 is 0. The van der Waals surface area contributed by atoms with Crippen LogP contribution in [0.2, 0.25) is 0 Å². The van der Waals surface area contributed by atoms with Crippen LogP contribution in [0.15, 0.2) is 12.8 Å². The zero-order chi connectivity index (χ0) is 6.41. The summed E-state index contributed by atoms with van der Waals surface area (Å²) in [5, 5.41) is 10.7. The van der Waals surface area contributed by atoms with Crippen molar-refractivity contribution in [1.82, 2.24) is 5.32 Å². The van der Waals surface area contributed by atoms with Crippen molar-refractivity contribution in [2.45, 2.75) is 6.42 Å². The average molecular weight is 115 g/mol. The van der Waals surface area contributed by atoms with E-state index in [4.69, 9.17) is 5.11 Å². The second kappa shape index (κ2) is 4.18. The van der Waals surface area contributed by atoms with Gasteiger partial charge < -0.3 is 10.4 Å². The Balaban J connectivity index is 2.93. The van der Waals surface area contributed by atoms with Gasteiger partial charge in [-0.2, -0.15) is 0 Å². The lowest BCUT2D eigenvalue weighted by Gasteiger charge is -1.92. The third-order valence-corrected chi connectivity index (χ3v) is 0.628. The zero-order valence-corrected chi connectivity index (χ0v) is 4.55. The number of carboxylic acid groups (broad SMARTS) is 1. The maximum absolute atomic E-state index is 9.80. The molecule has 0 aromatic heterocycles. The summed E-state index contributed by atoms with van der Waals surface area (Å²) in [4.78, 5) is 9.80. The van der Waals surface area contributed by atoms with Gasteiger partial charge in [-0.05, 0) is 6.20 Å². The first-order valence-corrected chi connectivity index (χ1v) is 2.33. The molecule has 3 heteroatoms. The largest absolute Gasteiger partial charge is 0.481 e. The summed E-state index contributed by atoms with van der Waals surface area (Å²) in [6.07, 6.45) is 1.62. The molecule has 8 heavy (non-hydrogen) atoms. The molecule has 0 fully saturated rings. The van der Waals surface area contributed by atoms with Crippen LogP contribution >= 0.6 is 0 Å². The van der Waals surface area contributed by atoms with E-state index in [0.717, 1.165) is 0 Å². The van der Waals surface area contributed by atoms with Gasteiger partial charge in [0.2, 0.25) is 0 Å². The Morgan fingerprint density at radius 2 is 2.50 bits per heavy atom. The van der Waals surface area contributed by atoms with Crippen LogP contribution in [-0.2, 0) is 4.79 Å². The van der Waals surface area contributed by atoms with Gasteiger partial charge >= 0.3 is 5.97 Å². The van der Waals surface area contributed by atoms with Crippen molar-refractivity contribution in [3.05, 3.63) is 12.8 Å². The molecule has 0 spiro atoms. The lowest BCUT2D eigenvalue weighted by Crippen LogP contribution is -2.10. The SMILES string of the molecule is C=CNCCC(=O)O. The molecule has 0 radical (unpaired) electrons. The molecule has 0 saturated carbocycles. The van der Waals surface area contributed by atoms with Crippen LogP contribution in [0.25, 0.3) is 0 Å². The number of hydrogen-bond acceptors (Lipinski definition) is 2. The monoisotopic (exact) mass is 115 g/mol. The van der Waals surface area contributed by atoms with Crippen LogP contribution in [0, 0.1) is 0 Å². The molecular weight excluding hydrogens is 106 g/mol. The maximum Gasteiger partial charge on any atom is 0.305 e. The minimum absolute atomic E-state index is 0.145. The Hall–Kier alpha value is -0.990. The van der Waals surface area contributed by atoms with Gasteiger partial charge in [0.1, 0.15) is 0 Å². The highest BCUT2D eigenvalue weighted by Crippen LogP contribution is 1.72. The minimum Gasteiger partial charge on any atom is -0.481 e. The molecule has 3 nitrogen and oxygen atoms in total. The quantitative estimate of drug-likeness (QED) is 0.514. The highest BCUT2D eigenvalue weighted by Gasteiger charge is 1.90. The Kier molecular flexibility index (Phi) is 3.66. The van der Waals surface area contributed by atoms with Gasteiger partial charge in [-0.3, -0.25) is 4.79 Å². The first-order chi connectivity index (χ1) is 3.77. The van der Waals surface area contributed by atoms with E-state index in [1.807, 2.05) is 0 Å². The van der Waals surface area contributed by atoms with E-state index < -0.39 is 5.97 Å². The van der Waals surface area contributed by atoms with Gasteiger partial charge in [0.15, 0.2) is 0 Å². The van der Waals surface area contributed by atoms with Crippen LogP contribution in [-0.4, -0.2) is 17.6 Å². The van der Waals surface area contributed by atoms with Crippen molar-refractivity contribution in [2.75, 3.05) is 6.54 Å². The van der Waals surface area contributed by atoms with Gasteiger partial charge in [0.05, 0.1) is 6.42 Å². The van der Waals surface area contributed by atoms with Gasteiger partial charge in [0, 0.05) is 6.54 Å². The van der Waals surface area contributed by atoms with E-state index in [2.05, 4.69) is 11.9 Å². The fourth-order valence-corrected chi connectivity index (χ4v) is 0.281. The molecule has 0 unspecified atom stereocenters. The van der Waals surface area contributed by atoms with Crippen LogP contribution in [0.5, 0.6) is 0 Å². The second-order valence-electron chi connectivity index (χ2n) is 1.30. The highest BCUT2D eigenvalue weighted by atomic mass is 16.4. The van der Waals surface area contributed by atoms with Crippen molar-refractivity contribution in [3.63, 3.8) is 0 Å². The average Bonchev–Trinajstić information content (AvgIpc) is 1.66. The molecule has 0 heterocycles. The van der Waals surface area contributed by atoms with Crippen molar-refractivity contribution in [2.24, 2.45) is 0 Å². The second-order valence-corrected chi connectivity index (χ2v) is 1.30. The van der Waals surface area contributed by atoms with Crippen LogP contribution in [0.4, 0.5) is 0 Å². The van der Waals surface area contributed by atoms with E-state index >= 15 is 0 Å². The highest BCUT2D eigenvalue weighted by molar-refractivity contribution is 5.66. The summed E-state index contributed by atoms with van der Waals surface area (Å²) in [6.45, 7) is 3.81. The van der Waals surface area contributed by atoms with Crippen molar-refractivity contribution in [3.8, 4) is 0 Å². The molecule has 0 aliphatic heterocycles. The van der Waals surface area contributed by atoms with Gasteiger partial charge in [-0.1, -0.05) is 6.58 Å². The van der Waals surface area contributed by atoms with E-state index in [-0.39, 0.29) is 6.42 Å². The van der Waals surface area contributed by atoms with Crippen molar-refractivity contribution >= 4 is 5.97 Å². The maximum atomic E-state index is 9.80. The van der Waals surface area contributed by atoms with E-state index in [0.29, 0.717) is 6.54 Å². The number of rotatable bonds is 4. The summed E-state index contributed by atoms with van der Waals surface area (Å²) in [6, 6.07) is 0. The molecule has 0 amide bonds. The summed E-state index contributed by atoms with van der Waals surface area (Å²) in [7, 11) is 0. The lowest BCUT2D eigenvalue weighted by molar-refractivity contribution is -0.136. The number of carboxylic acids is 1. The van der Waals surface area contributed by atoms with Crippen LogP contribution in [0.3, 0.4) is 0 Å². The minimum atomic E-state index is -0.792. The third-order valence-electron chi connectivity index (χ3n) is 0.628. The Labute approximate surface area is 48.0 Å².